The summed E-state index contributed by atoms with van der Waals surface area (Å²) in [5.41, 5.74) is 2.93. The molecule has 1 aromatic heterocycles. The van der Waals surface area contributed by atoms with Crippen LogP contribution in [-0.4, -0.2) is 9.55 Å². The van der Waals surface area contributed by atoms with Crippen molar-refractivity contribution in [2.75, 3.05) is 0 Å². The van der Waals surface area contributed by atoms with Crippen LogP contribution in [0.1, 0.15) is 25.5 Å². The first kappa shape index (κ1) is 13.6. The zero-order valence-electron chi connectivity index (χ0n) is 12.5. The summed E-state index contributed by atoms with van der Waals surface area (Å²) in [6, 6.07) is 15.7. The third-order valence-corrected chi connectivity index (χ3v) is 3.63. The average molecular weight is 278 g/mol. The zero-order valence-corrected chi connectivity index (χ0v) is 12.5. The van der Waals surface area contributed by atoms with Crippen molar-refractivity contribution in [3.05, 3.63) is 64.4 Å². The van der Waals surface area contributed by atoms with Crippen molar-refractivity contribution in [3.63, 3.8) is 0 Å². The van der Waals surface area contributed by atoms with Crippen LogP contribution in [-0.2, 0) is 0 Å². The topological polar surface area (TPSA) is 34.9 Å². The average Bonchev–Trinajstić information content (AvgIpc) is 2.47. The summed E-state index contributed by atoms with van der Waals surface area (Å²) in [6.45, 7) is 6.07. The summed E-state index contributed by atoms with van der Waals surface area (Å²) in [7, 11) is 0. The van der Waals surface area contributed by atoms with Gasteiger partial charge in [-0.15, -0.1) is 0 Å². The SMILES string of the molecule is Cc1ccc(-c2nc3ccccc3c(=O)n2C(C)C)cc1. The van der Waals surface area contributed by atoms with Crippen LogP contribution >= 0.6 is 0 Å². The molecule has 0 aliphatic rings. The molecule has 0 radical (unpaired) electrons. The molecule has 0 fully saturated rings. The van der Waals surface area contributed by atoms with Gasteiger partial charge >= 0.3 is 0 Å². The molecule has 0 spiro atoms. The smallest absolute Gasteiger partial charge is 0.261 e. The Morgan fingerprint density at radius 1 is 1.00 bits per heavy atom. The number of hydrogen-bond acceptors (Lipinski definition) is 2. The van der Waals surface area contributed by atoms with Crippen molar-refractivity contribution in [3.8, 4) is 11.4 Å². The molecule has 0 unspecified atom stereocenters. The minimum atomic E-state index is 0.0196. The lowest BCUT2D eigenvalue weighted by atomic mass is 10.1. The Morgan fingerprint density at radius 2 is 1.67 bits per heavy atom. The van der Waals surface area contributed by atoms with E-state index in [-0.39, 0.29) is 11.6 Å². The molecule has 0 aliphatic heterocycles. The number of para-hydroxylation sites is 1. The van der Waals surface area contributed by atoms with Gasteiger partial charge in [-0.1, -0.05) is 42.0 Å². The first-order valence-corrected chi connectivity index (χ1v) is 7.16. The third kappa shape index (κ3) is 2.35. The van der Waals surface area contributed by atoms with Crippen LogP contribution in [0.4, 0.5) is 0 Å². The molecule has 0 amide bonds. The lowest BCUT2D eigenvalue weighted by Gasteiger charge is -2.16. The van der Waals surface area contributed by atoms with Gasteiger partial charge in [0.25, 0.3) is 5.56 Å². The van der Waals surface area contributed by atoms with E-state index in [1.54, 1.807) is 4.57 Å². The molecule has 106 valence electrons. The van der Waals surface area contributed by atoms with Crippen molar-refractivity contribution in [2.24, 2.45) is 0 Å². The second kappa shape index (κ2) is 5.17. The first-order chi connectivity index (χ1) is 10.1. The molecule has 0 saturated heterocycles. The lowest BCUT2D eigenvalue weighted by Crippen LogP contribution is -2.25. The second-order valence-electron chi connectivity index (χ2n) is 5.59. The predicted molar refractivity (Wildman–Crippen MR) is 86.6 cm³/mol. The molecule has 0 atom stereocenters. The highest BCUT2D eigenvalue weighted by atomic mass is 16.1. The van der Waals surface area contributed by atoms with Gasteiger partial charge in [0.15, 0.2) is 0 Å². The Balaban J connectivity index is 2.38. The van der Waals surface area contributed by atoms with Gasteiger partial charge in [0.2, 0.25) is 0 Å². The molecule has 2 aromatic carbocycles. The zero-order chi connectivity index (χ0) is 15.0. The number of nitrogens with zero attached hydrogens (tertiary/aromatic N) is 2. The highest BCUT2D eigenvalue weighted by Crippen LogP contribution is 2.22. The van der Waals surface area contributed by atoms with Crippen LogP contribution in [0.5, 0.6) is 0 Å². The number of hydrogen-bond donors (Lipinski definition) is 0. The van der Waals surface area contributed by atoms with Crippen molar-refractivity contribution < 1.29 is 0 Å². The normalized spacial score (nSPS) is 11.2. The Labute approximate surface area is 123 Å². The summed E-state index contributed by atoms with van der Waals surface area (Å²) in [5, 5.41) is 0.669. The molecule has 0 N–H and O–H groups in total. The highest BCUT2D eigenvalue weighted by molar-refractivity contribution is 5.79. The van der Waals surface area contributed by atoms with Crippen molar-refractivity contribution in [1.82, 2.24) is 9.55 Å². The number of fused-ring (bicyclic) bond motifs is 1. The molecular weight excluding hydrogens is 260 g/mol. The van der Waals surface area contributed by atoms with E-state index in [0.717, 1.165) is 16.9 Å². The molecule has 3 nitrogen and oxygen atoms in total. The fourth-order valence-corrected chi connectivity index (χ4v) is 2.53. The van der Waals surface area contributed by atoms with Gasteiger partial charge in [-0.3, -0.25) is 9.36 Å². The summed E-state index contributed by atoms with van der Waals surface area (Å²) >= 11 is 0. The van der Waals surface area contributed by atoms with Crippen molar-refractivity contribution >= 4 is 10.9 Å². The molecule has 3 rings (SSSR count). The number of rotatable bonds is 2. The fourth-order valence-electron chi connectivity index (χ4n) is 2.53. The van der Waals surface area contributed by atoms with E-state index >= 15 is 0 Å². The summed E-state index contributed by atoms with van der Waals surface area (Å²) in [6.07, 6.45) is 0. The van der Waals surface area contributed by atoms with E-state index in [2.05, 4.69) is 0 Å². The van der Waals surface area contributed by atoms with E-state index in [9.17, 15) is 4.79 Å². The Kier molecular flexibility index (Phi) is 3.34. The standard InChI is InChI=1S/C18H18N2O/c1-12(2)20-17(14-10-8-13(3)9-11-14)19-16-7-5-4-6-15(16)18(20)21/h4-12H,1-3H3. The van der Waals surface area contributed by atoms with Gasteiger partial charge in [0.1, 0.15) is 5.82 Å². The van der Waals surface area contributed by atoms with Gasteiger partial charge in [-0.05, 0) is 32.9 Å². The summed E-state index contributed by atoms with van der Waals surface area (Å²) in [5.74, 6) is 0.730. The second-order valence-corrected chi connectivity index (χ2v) is 5.59. The minimum Gasteiger partial charge on any atom is -0.290 e. The predicted octanol–water partition coefficient (Wildman–Crippen LogP) is 3.95. The monoisotopic (exact) mass is 278 g/mol. The van der Waals surface area contributed by atoms with Crippen LogP contribution in [0.2, 0.25) is 0 Å². The Bertz CT molecular complexity index is 845. The van der Waals surface area contributed by atoms with E-state index < -0.39 is 0 Å². The molecule has 3 aromatic rings. The van der Waals surface area contributed by atoms with Crippen LogP contribution in [0.25, 0.3) is 22.3 Å². The molecule has 21 heavy (non-hydrogen) atoms. The molecular formula is C18H18N2O. The van der Waals surface area contributed by atoms with E-state index in [4.69, 9.17) is 4.98 Å². The van der Waals surface area contributed by atoms with Crippen LogP contribution in [0.15, 0.2) is 53.3 Å². The van der Waals surface area contributed by atoms with Gasteiger partial charge < -0.3 is 0 Å². The van der Waals surface area contributed by atoms with Crippen LogP contribution in [0, 0.1) is 6.92 Å². The molecule has 0 saturated carbocycles. The van der Waals surface area contributed by atoms with Crippen molar-refractivity contribution in [1.29, 1.82) is 0 Å². The fraction of sp³-hybridized carbons (Fsp3) is 0.222. The molecule has 1 heterocycles. The van der Waals surface area contributed by atoms with Crippen molar-refractivity contribution in [2.45, 2.75) is 26.8 Å². The number of aryl methyl sites for hydroxylation is 1. The summed E-state index contributed by atoms with van der Waals surface area (Å²) in [4.78, 5) is 17.5. The van der Waals surface area contributed by atoms with E-state index in [1.165, 1.54) is 5.56 Å². The maximum Gasteiger partial charge on any atom is 0.261 e. The van der Waals surface area contributed by atoms with E-state index in [1.807, 2.05) is 69.3 Å². The molecule has 3 heteroatoms. The quantitative estimate of drug-likeness (QED) is 0.711. The Hall–Kier alpha value is -2.42. The Morgan fingerprint density at radius 3 is 2.33 bits per heavy atom. The van der Waals surface area contributed by atoms with E-state index in [0.29, 0.717) is 5.39 Å². The van der Waals surface area contributed by atoms with Gasteiger partial charge in [0.05, 0.1) is 10.9 Å². The largest absolute Gasteiger partial charge is 0.290 e. The van der Waals surface area contributed by atoms with Gasteiger partial charge in [0, 0.05) is 11.6 Å². The first-order valence-electron chi connectivity index (χ1n) is 7.16. The minimum absolute atomic E-state index is 0.0196. The maximum absolute atomic E-state index is 12.8. The maximum atomic E-state index is 12.8. The van der Waals surface area contributed by atoms with Gasteiger partial charge in [-0.25, -0.2) is 4.98 Å². The van der Waals surface area contributed by atoms with Crippen LogP contribution in [0.3, 0.4) is 0 Å². The highest BCUT2D eigenvalue weighted by Gasteiger charge is 2.14. The number of aromatic nitrogens is 2. The number of benzene rings is 2. The third-order valence-electron chi connectivity index (χ3n) is 3.63. The molecule has 0 aliphatic carbocycles. The van der Waals surface area contributed by atoms with Crippen LogP contribution < -0.4 is 5.56 Å². The molecule has 0 bridgehead atoms. The lowest BCUT2D eigenvalue weighted by molar-refractivity contribution is 0.581. The van der Waals surface area contributed by atoms with Gasteiger partial charge in [-0.2, -0.15) is 0 Å². The summed E-state index contributed by atoms with van der Waals surface area (Å²) < 4.78 is 1.77.